The van der Waals surface area contributed by atoms with E-state index in [0.29, 0.717) is 11.5 Å². The van der Waals surface area contributed by atoms with E-state index in [-0.39, 0.29) is 23.4 Å². The topological polar surface area (TPSA) is 75.3 Å². The van der Waals surface area contributed by atoms with E-state index >= 15 is 0 Å². The Balaban J connectivity index is 1.62. The molecule has 2 atom stereocenters. The summed E-state index contributed by atoms with van der Waals surface area (Å²) in [5, 5.41) is 4.99. The molecule has 0 unspecified atom stereocenters. The molecule has 5 nitrogen and oxygen atoms in total. The number of carbonyl (C=O) groups is 1. The lowest BCUT2D eigenvalue weighted by Crippen LogP contribution is -2.41. The molecule has 1 amide bonds. The highest BCUT2D eigenvalue weighted by Gasteiger charge is 2.23. The predicted molar refractivity (Wildman–Crippen MR) is 104 cm³/mol. The van der Waals surface area contributed by atoms with Crippen LogP contribution in [0.4, 0.5) is 0 Å². The zero-order valence-electron chi connectivity index (χ0n) is 14.8. The Kier molecular flexibility index (Phi) is 6.11. The lowest BCUT2D eigenvalue weighted by molar-refractivity contribution is 0.0910. The van der Waals surface area contributed by atoms with E-state index in [4.69, 9.17) is 0 Å². The van der Waals surface area contributed by atoms with Gasteiger partial charge in [0.2, 0.25) is 10.0 Å². The summed E-state index contributed by atoms with van der Waals surface area (Å²) in [5.41, 5.74) is 0.486. The van der Waals surface area contributed by atoms with Gasteiger partial charge in [-0.25, -0.2) is 13.1 Å². The highest BCUT2D eigenvalue weighted by atomic mass is 32.2. The lowest BCUT2D eigenvalue weighted by atomic mass is 9.86. The summed E-state index contributed by atoms with van der Waals surface area (Å²) in [6.07, 6.45) is 4.50. The molecule has 1 aliphatic rings. The number of hydrogen-bond acceptors (Lipinski definition) is 4. The molecule has 1 saturated carbocycles. The van der Waals surface area contributed by atoms with Crippen LogP contribution in [-0.2, 0) is 16.6 Å². The average Bonchev–Trinajstić information content (AvgIpc) is 3.16. The van der Waals surface area contributed by atoms with E-state index in [2.05, 4.69) is 17.0 Å². The summed E-state index contributed by atoms with van der Waals surface area (Å²) in [4.78, 5) is 13.5. The van der Waals surface area contributed by atoms with Gasteiger partial charge < -0.3 is 5.32 Å². The molecule has 1 heterocycles. The maximum Gasteiger partial charge on any atom is 0.251 e. The maximum absolute atomic E-state index is 12.4. The lowest BCUT2D eigenvalue weighted by Gasteiger charge is -2.29. The van der Waals surface area contributed by atoms with Gasteiger partial charge in [-0.05, 0) is 54.5 Å². The second-order valence-electron chi connectivity index (χ2n) is 6.77. The van der Waals surface area contributed by atoms with Gasteiger partial charge in [0.15, 0.2) is 0 Å². The van der Waals surface area contributed by atoms with Crippen molar-refractivity contribution in [1.82, 2.24) is 10.0 Å². The molecule has 1 aliphatic carbocycles. The Bertz CT molecular complexity index is 830. The largest absolute Gasteiger partial charge is 0.349 e. The molecule has 0 radical (unpaired) electrons. The Morgan fingerprint density at radius 3 is 2.54 bits per heavy atom. The number of sulfonamides is 1. The highest BCUT2D eigenvalue weighted by Crippen LogP contribution is 2.24. The summed E-state index contributed by atoms with van der Waals surface area (Å²) in [6.45, 7) is 2.43. The van der Waals surface area contributed by atoms with E-state index in [1.54, 1.807) is 12.1 Å². The van der Waals surface area contributed by atoms with Crippen LogP contribution < -0.4 is 10.0 Å². The zero-order valence-corrected chi connectivity index (χ0v) is 16.4. The molecule has 0 aliphatic heterocycles. The Morgan fingerprint density at radius 2 is 1.88 bits per heavy atom. The van der Waals surface area contributed by atoms with Crippen LogP contribution in [0.2, 0.25) is 0 Å². The van der Waals surface area contributed by atoms with Gasteiger partial charge >= 0.3 is 0 Å². The van der Waals surface area contributed by atoms with Crippen LogP contribution in [0.1, 0.15) is 47.8 Å². The summed E-state index contributed by atoms with van der Waals surface area (Å²) in [6, 6.07) is 10.1. The molecule has 3 rings (SSSR count). The monoisotopic (exact) mass is 392 g/mol. The van der Waals surface area contributed by atoms with Crippen LogP contribution in [0.15, 0.2) is 46.7 Å². The number of amides is 1. The smallest absolute Gasteiger partial charge is 0.251 e. The molecular weight excluding hydrogens is 368 g/mol. The number of thiophene rings is 1. The van der Waals surface area contributed by atoms with Gasteiger partial charge in [-0.2, -0.15) is 0 Å². The van der Waals surface area contributed by atoms with Crippen LogP contribution in [0.25, 0.3) is 0 Å². The number of rotatable bonds is 6. The van der Waals surface area contributed by atoms with Crippen molar-refractivity contribution in [2.75, 3.05) is 0 Å². The molecule has 2 aromatic rings. The van der Waals surface area contributed by atoms with E-state index in [9.17, 15) is 13.2 Å². The first-order valence-corrected chi connectivity index (χ1v) is 11.2. The number of benzene rings is 1. The standard InChI is InChI=1S/C19H24N2O3S2/c1-14-5-2-3-7-18(14)21-19(22)15-8-10-17(11-9-15)26(23,24)20-13-16-6-4-12-25-16/h4,6,8-12,14,18,20H,2-3,5,7,13H2,1H3,(H,21,22)/t14-,18+/m0/s1. The summed E-state index contributed by atoms with van der Waals surface area (Å²) < 4.78 is 27.3. The van der Waals surface area contributed by atoms with Crippen molar-refractivity contribution >= 4 is 27.3 Å². The van der Waals surface area contributed by atoms with E-state index in [0.717, 1.165) is 24.1 Å². The van der Waals surface area contributed by atoms with Crippen LogP contribution in [-0.4, -0.2) is 20.4 Å². The van der Waals surface area contributed by atoms with Gasteiger partial charge in [-0.15, -0.1) is 11.3 Å². The Hall–Kier alpha value is -1.70. The quantitative estimate of drug-likeness (QED) is 0.790. The van der Waals surface area contributed by atoms with Crippen LogP contribution in [0.3, 0.4) is 0 Å². The molecule has 0 spiro atoms. The van der Waals surface area contributed by atoms with E-state index in [1.165, 1.54) is 29.9 Å². The van der Waals surface area contributed by atoms with Crippen molar-refractivity contribution in [2.45, 2.75) is 50.1 Å². The fraction of sp³-hybridized carbons (Fsp3) is 0.421. The van der Waals surface area contributed by atoms with Crippen molar-refractivity contribution < 1.29 is 13.2 Å². The van der Waals surface area contributed by atoms with Crippen LogP contribution in [0.5, 0.6) is 0 Å². The molecule has 140 valence electrons. The first-order valence-electron chi connectivity index (χ1n) is 8.89. The predicted octanol–water partition coefficient (Wildman–Crippen LogP) is 3.54. The molecular formula is C19H24N2O3S2. The summed E-state index contributed by atoms with van der Waals surface area (Å²) in [5.74, 6) is 0.341. The second kappa shape index (κ2) is 8.33. The van der Waals surface area contributed by atoms with Crippen molar-refractivity contribution in [1.29, 1.82) is 0 Å². The summed E-state index contributed by atoms with van der Waals surface area (Å²) in [7, 11) is -3.59. The first kappa shape index (κ1) is 19.1. The minimum Gasteiger partial charge on any atom is -0.349 e. The highest BCUT2D eigenvalue weighted by molar-refractivity contribution is 7.89. The normalized spacial score (nSPS) is 20.7. The molecule has 1 fully saturated rings. The number of hydrogen-bond donors (Lipinski definition) is 2. The van der Waals surface area contributed by atoms with Gasteiger partial charge in [0.1, 0.15) is 0 Å². The first-order chi connectivity index (χ1) is 12.5. The van der Waals surface area contributed by atoms with Gasteiger partial charge in [0.25, 0.3) is 5.91 Å². The van der Waals surface area contributed by atoms with Gasteiger partial charge in [-0.3, -0.25) is 4.79 Å². The van der Waals surface area contributed by atoms with Crippen molar-refractivity contribution in [3.8, 4) is 0 Å². The molecule has 1 aromatic heterocycles. The Morgan fingerprint density at radius 1 is 1.15 bits per heavy atom. The average molecular weight is 393 g/mol. The SMILES string of the molecule is C[C@H]1CCCC[C@H]1NC(=O)c1ccc(S(=O)(=O)NCc2cccs2)cc1. The van der Waals surface area contributed by atoms with Gasteiger partial charge in [0, 0.05) is 23.0 Å². The molecule has 2 N–H and O–H groups in total. The minimum absolute atomic E-state index is 0.140. The fourth-order valence-corrected chi connectivity index (χ4v) is 4.97. The van der Waals surface area contributed by atoms with Crippen LogP contribution in [0, 0.1) is 5.92 Å². The van der Waals surface area contributed by atoms with Crippen molar-refractivity contribution in [3.05, 3.63) is 52.2 Å². The number of carbonyl (C=O) groups excluding carboxylic acids is 1. The van der Waals surface area contributed by atoms with Crippen LogP contribution >= 0.6 is 11.3 Å². The third-order valence-electron chi connectivity index (χ3n) is 4.87. The maximum atomic E-state index is 12.4. The fourth-order valence-electron chi connectivity index (χ4n) is 3.23. The third-order valence-corrected chi connectivity index (χ3v) is 7.16. The minimum atomic E-state index is -3.59. The zero-order chi connectivity index (χ0) is 18.6. The number of nitrogens with one attached hydrogen (secondary N) is 2. The van der Waals surface area contributed by atoms with Gasteiger partial charge in [0.05, 0.1) is 4.90 Å². The van der Waals surface area contributed by atoms with Gasteiger partial charge in [-0.1, -0.05) is 25.8 Å². The summed E-state index contributed by atoms with van der Waals surface area (Å²) >= 11 is 1.50. The molecule has 1 aromatic carbocycles. The molecule has 26 heavy (non-hydrogen) atoms. The second-order valence-corrected chi connectivity index (χ2v) is 9.57. The van der Waals surface area contributed by atoms with E-state index < -0.39 is 10.0 Å². The molecule has 0 saturated heterocycles. The van der Waals surface area contributed by atoms with Crippen molar-refractivity contribution in [2.24, 2.45) is 5.92 Å². The Labute approximate surface area is 158 Å². The van der Waals surface area contributed by atoms with Crippen molar-refractivity contribution in [3.63, 3.8) is 0 Å². The molecule has 0 bridgehead atoms. The third kappa shape index (κ3) is 4.72. The molecule has 7 heteroatoms. The van der Waals surface area contributed by atoms with E-state index in [1.807, 2.05) is 17.5 Å².